The first-order valence-electron chi connectivity index (χ1n) is 10.3. The van der Waals surface area contributed by atoms with Gasteiger partial charge in [0, 0.05) is 64.6 Å². The van der Waals surface area contributed by atoms with Crippen LogP contribution in [0.3, 0.4) is 0 Å². The first kappa shape index (κ1) is 19.1. The second-order valence-electron chi connectivity index (χ2n) is 7.99. The number of aryl methyl sites for hydroxylation is 3. The number of fused-ring (bicyclic) bond motifs is 1. The van der Waals surface area contributed by atoms with Gasteiger partial charge in [-0.25, -0.2) is 4.68 Å². The van der Waals surface area contributed by atoms with Gasteiger partial charge in [-0.15, -0.1) is 0 Å². The Bertz CT molecular complexity index is 941. The summed E-state index contributed by atoms with van der Waals surface area (Å²) in [6.07, 6.45) is 6.26. The maximum absolute atomic E-state index is 12.3. The molecule has 1 saturated heterocycles. The number of rotatable bonds is 5. The van der Waals surface area contributed by atoms with Gasteiger partial charge in [-0.1, -0.05) is 6.07 Å². The van der Waals surface area contributed by atoms with Gasteiger partial charge < -0.3 is 4.57 Å². The Hall–Kier alpha value is -2.25. The van der Waals surface area contributed by atoms with Crippen LogP contribution in [0.15, 0.2) is 34.0 Å². The van der Waals surface area contributed by atoms with Gasteiger partial charge in [0.25, 0.3) is 5.56 Å². The molecule has 1 aliphatic carbocycles. The van der Waals surface area contributed by atoms with Crippen LogP contribution < -0.4 is 11.1 Å². The zero-order chi connectivity index (χ0) is 19.5. The summed E-state index contributed by atoms with van der Waals surface area (Å²) in [5.74, 6) is 0. The lowest BCUT2D eigenvalue weighted by Crippen LogP contribution is -2.47. The van der Waals surface area contributed by atoms with E-state index in [1.165, 1.54) is 18.4 Å². The van der Waals surface area contributed by atoms with Crippen LogP contribution in [0, 0.1) is 0 Å². The predicted molar refractivity (Wildman–Crippen MR) is 109 cm³/mol. The maximum Gasteiger partial charge on any atom is 0.267 e. The third kappa shape index (κ3) is 4.42. The summed E-state index contributed by atoms with van der Waals surface area (Å²) in [7, 11) is 1.79. The largest absolute Gasteiger partial charge is 0.318 e. The quantitative estimate of drug-likeness (QED) is 0.758. The second kappa shape index (κ2) is 8.41. The van der Waals surface area contributed by atoms with Crippen molar-refractivity contribution in [1.29, 1.82) is 0 Å². The molecule has 0 bridgehead atoms. The number of hydrogen-bond acceptors (Lipinski definition) is 5. The zero-order valence-corrected chi connectivity index (χ0v) is 16.6. The van der Waals surface area contributed by atoms with Crippen molar-refractivity contribution in [2.75, 3.05) is 32.7 Å². The molecule has 0 spiro atoms. The first-order valence-corrected chi connectivity index (χ1v) is 10.3. The fraction of sp³-hybridized carbons (Fsp3) is 0.571. The summed E-state index contributed by atoms with van der Waals surface area (Å²) in [6, 6.07) is 5.35. The molecular weight excluding hydrogens is 354 g/mol. The Kier molecular flexibility index (Phi) is 5.73. The smallest absolute Gasteiger partial charge is 0.267 e. The molecule has 0 atom stereocenters. The molecule has 7 nitrogen and oxygen atoms in total. The Labute approximate surface area is 165 Å². The topological polar surface area (TPSA) is 63.4 Å². The minimum absolute atomic E-state index is 0.0274. The lowest BCUT2D eigenvalue weighted by molar-refractivity contribution is 0.122. The molecule has 0 radical (unpaired) electrons. The fourth-order valence-corrected chi connectivity index (χ4v) is 4.17. The van der Waals surface area contributed by atoms with Crippen LogP contribution in [0.2, 0.25) is 0 Å². The standard InChI is InChI=1S/C21H29N5O2/c1-23-15-17(6-7-20(23)27)16-25-10-8-24(9-11-25)12-13-26-21(28)14-18-4-2-3-5-19(18)22-26/h6-7,14-15H,2-5,8-13,16H2,1H3. The van der Waals surface area contributed by atoms with E-state index >= 15 is 0 Å². The van der Waals surface area contributed by atoms with E-state index < -0.39 is 0 Å². The van der Waals surface area contributed by atoms with Crippen molar-refractivity contribution in [3.05, 3.63) is 61.9 Å². The molecule has 0 unspecified atom stereocenters. The second-order valence-corrected chi connectivity index (χ2v) is 7.99. The van der Waals surface area contributed by atoms with Gasteiger partial charge >= 0.3 is 0 Å². The van der Waals surface area contributed by atoms with Crippen molar-refractivity contribution < 1.29 is 0 Å². The SMILES string of the molecule is Cn1cc(CN2CCN(CCn3nc4c(cc3=O)CCCC4)CC2)ccc1=O. The fourth-order valence-electron chi connectivity index (χ4n) is 4.17. The van der Waals surface area contributed by atoms with E-state index in [1.54, 1.807) is 28.4 Å². The highest BCUT2D eigenvalue weighted by Gasteiger charge is 2.18. The number of hydrogen-bond donors (Lipinski definition) is 0. The lowest BCUT2D eigenvalue weighted by atomic mass is 9.97. The van der Waals surface area contributed by atoms with Crippen LogP contribution in [-0.2, 0) is 33.0 Å². The van der Waals surface area contributed by atoms with Gasteiger partial charge in [-0.05, 0) is 36.8 Å². The Morgan fingerprint density at radius 1 is 0.929 bits per heavy atom. The van der Waals surface area contributed by atoms with E-state index in [0.717, 1.165) is 63.4 Å². The maximum atomic E-state index is 12.3. The Morgan fingerprint density at radius 3 is 2.46 bits per heavy atom. The molecule has 1 aliphatic heterocycles. The lowest BCUT2D eigenvalue weighted by Gasteiger charge is -2.34. The van der Waals surface area contributed by atoms with Gasteiger partial charge in [0.2, 0.25) is 5.56 Å². The van der Waals surface area contributed by atoms with E-state index in [9.17, 15) is 9.59 Å². The van der Waals surface area contributed by atoms with Crippen molar-refractivity contribution in [2.24, 2.45) is 7.05 Å². The predicted octanol–water partition coefficient (Wildman–Crippen LogP) is 0.639. The van der Waals surface area contributed by atoms with Crippen LogP contribution in [0.1, 0.15) is 29.7 Å². The third-order valence-electron chi connectivity index (χ3n) is 5.92. The van der Waals surface area contributed by atoms with E-state index in [-0.39, 0.29) is 11.1 Å². The highest BCUT2D eigenvalue weighted by Crippen LogP contribution is 2.16. The molecule has 0 aromatic carbocycles. The van der Waals surface area contributed by atoms with Crippen LogP contribution in [0.4, 0.5) is 0 Å². The zero-order valence-electron chi connectivity index (χ0n) is 16.6. The van der Waals surface area contributed by atoms with Crippen LogP contribution in [0.25, 0.3) is 0 Å². The molecule has 28 heavy (non-hydrogen) atoms. The molecule has 1 fully saturated rings. The molecule has 0 N–H and O–H groups in total. The minimum atomic E-state index is 0.0274. The highest BCUT2D eigenvalue weighted by atomic mass is 16.1. The monoisotopic (exact) mass is 383 g/mol. The number of aromatic nitrogens is 3. The van der Waals surface area contributed by atoms with Gasteiger partial charge in [-0.3, -0.25) is 19.4 Å². The van der Waals surface area contributed by atoms with E-state index in [2.05, 4.69) is 14.9 Å². The number of piperazine rings is 1. The van der Waals surface area contributed by atoms with Crippen LogP contribution in [-0.4, -0.2) is 56.9 Å². The van der Waals surface area contributed by atoms with Crippen molar-refractivity contribution in [3.8, 4) is 0 Å². The molecule has 2 aromatic heterocycles. The molecule has 7 heteroatoms. The molecule has 0 saturated carbocycles. The molecule has 0 amide bonds. The summed E-state index contributed by atoms with van der Waals surface area (Å²) in [4.78, 5) is 28.7. The normalized spacial score (nSPS) is 18.2. The summed E-state index contributed by atoms with van der Waals surface area (Å²) in [5.41, 5.74) is 3.50. The molecule has 2 aromatic rings. The van der Waals surface area contributed by atoms with E-state index in [4.69, 9.17) is 0 Å². The number of nitrogens with zero attached hydrogens (tertiary/aromatic N) is 5. The number of pyridine rings is 1. The van der Waals surface area contributed by atoms with Gasteiger partial charge in [0.05, 0.1) is 12.2 Å². The molecule has 150 valence electrons. The summed E-state index contributed by atoms with van der Waals surface area (Å²) >= 11 is 0. The van der Waals surface area contributed by atoms with Gasteiger partial charge in [0.15, 0.2) is 0 Å². The Morgan fingerprint density at radius 2 is 1.68 bits per heavy atom. The minimum Gasteiger partial charge on any atom is -0.318 e. The first-order chi connectivity index (χ1) is 13.6. The van der Waals surface area contributed by atoms with Gasteiger partial charge in [-0.2, -0.15) is 5.10 Å². The van der Waals surface area contributed by atoms with Crippen LogP contribution >= 0.6 is 0 Å². The van der Waals surface area contributed by atoms with E-state index in [1.807, 2.05) is 12.3 Å². The highest BCUT2D eigenvalue weighted by molar-refractivity contribution is 5.20. The molecular formula is C21H29N5O2. The molecule has 4 rings (SSSR count). The average molecular weight is 383 g/mol. The van der Waals surface area contributed by atoms with E-state index in [0.29, 0.717) is 6.54 Å². The Balaban J connectivity index is 1.28. The van der Waals surface area contributed by atoms with Crippen molar-refractivity contribution in [2.45, 2.75) is 38.8 Å². The van der Waals surface area contributed by atoms with Crippen molar-refractivity contribution in [1.82, 2.24) is 24.1 Å². The summed E-state index contributed by atoms with van der Waals surface area (Å²) in [5, 5.41) is 4.62. The molecule has 2 aliphatic rings. The molecule has 3 heterocycles. The van der Waals surface area contributed by atoms with Crippen LogP contribution in [0.5, 0.6) is 0 Å². The summed E-state index contributed by atoms with van der Waals surface area (Å²) < 4.78 is 3.29. The van der Waals surface area contributed by atoms with Crippen molar-refractivity contribution in [3.63, 3.8) is 0 Å². The van der Waals surface area contributed by atoms with Crippen molar-refractivity contribution >= 4 is 0 Å². The van der Waals surface area contributed by atoms with Gasteiger partial charge in [0.1, 0.15) is 0 Å². The average Bonchev–Trinajstić information content (AvgIpc) is 2.70. The summed E-state index contributed by atoms with van der Waals surface area (Å²) in [6.45, 7) is 6.36. The third-order valence-corrected chi connectivity index (χ3v) is 5.92.